The number of para-hydroxylation sites is 2. The molecule has 0 bridgehead atoms. The van der Waals surface area contributed by atoms with Crippen LogP contribution in [0.25, 0.3) is 11.5 Å². The molecule has 1 heterocycles. The molecule has 1 unspecified atom stereocenters. The van der Waals surface area contributed by atoms with Gasteiger partial charge in [0.2, 0.25) is 5.89 Å². The van der Waals surface area contributed by atoms with Crippen LogP contribution in [0.3, 0.4) is 0 Å². The van der Waals surface area contributed by atoms with Crippen LogP contribution in [0.2, 0.25) is 0 Å². The van der Waals surface area contributed by atoms with Gasteiger partial charge < -0.3 is 14.5 Å². The van der Waals surface area contributed by atoms with E-state index in [1.165, 1.54) is 6.07 Å². The van der Waals surface area contributed by atoms with E-state index < -0.39 is 11.9 Å². The minimum absolute atomic E-state index is 0.135. The summed E-state index contributed by atoms with van der Waals surface area (Å²) in [6.07, 6.45) is 0. The van der Waals surface area contributed by atoms with Crippen molar-refractivity contribution in [2.45, 2.75) is 6.04 Å². The number of halogens is 1. The fourth-order valence-electron chi connectivity index (χ4n) is 2.95. The summed E-state index contributed by atoms with van der Waals surface area (Å²) in [7, 11) is 1.61. The average Bonchev–Trinajstić information content (AvgIpc) is 3.23. The number of aromatic nitrogens is 2. The van der Waals surface area contributed by atoms with Crippen LogP contribution >= 0.6 is 0 Å². The molecule has 0 amide bonds. The van der Waals surface area contributed by atoms with Gasteiger partial charge in [0.1, 0.15) is 17.6 Å². The summed E-state index contributed by atoms with van der Waals surface area (Å²) < 4.78 is 25.4. The number of rotatable bonds is 6. The lowest BCUT2D eigenvalue weighted by Gasteiger charge is -2.18. The normalized spacial score (nSPS) is 11.8. The van der Waals surface area contributed by atoms with Crippen molar-refractivity contribution in [2.75, 3.05) is 12.4 Å². The first-order valence-corrected chi connectivity index (χ1v) is 8.79. The molecule has 0 aliphatic heterocycles. The van der Waals surface area contributed by atoms with Crippen LogP contribution in [-0.2, 0) is 0 Å². The van der Waals surface area contributed by atoms with E-state index in [0.717, 1.165) is 11.3 Å². The third kappa shape index (κ3) is 3.57. The maximum Gasteiger partial charge on any atom is 0.250 e. The van der Waals surface area contributed by atoms with Crippen molar-refractivity contribution in [3.05, 3.63) is 96.1 Å². The molecule has 6 heteroatoms. The Bertz CT molecular complexity index is 1070. The monoisotopic (exact) mass is 375 g/mol. The SMILES string of the molecule is COc1ccccc1NC(c1ccccc1)c1nnc(-c2ccccc2F)o1. The molecule has 5 nitrogen and oxygen atoms in total. The van der Waals surface area contributed by atoms with Crippen LogP contribution in [0.5, 0.6) is 5.75 Å². The second-order valence-corrected chi connectivity index (χ2v) is 6.11. The summed E-state index contributed by atoms with van der Waals surface area (Å²) in [5, 5.41) is 11.6. The molecule has 1 aromatic heterocycles. The molecule has 140 valence electrons. The number of anilines is 1. The predicted octanol–water partition coefficient (Wildman–Crippen LogP) is 5.09. The molecular weight excluding hydrogens is 357 g/mol. The quantitative estimate of drug-likeness (QED) is 0.509. The van der Waals surface area contributed by atoms with Gasteiger partial charge in [-0.05, 0) is 29.8 Å². The molecule has 0 fully saturated rings. The zero-order valence-electron chi connectivity index (χ0n) is 15.2. The van der Waals surface area contributed by atoms with Gasteiger partial charge in [-0.15, -0.1) is 10.2 Å². The van der Waals surface area contributed by atoms with Crippen molar-refractivity contribution < 1.29 is 13.5 Å². The molecule has 4 rings (SSSR count). The molecule has 0 saturated carbocycles. The molecule has 0 saturated heterocycles. The number of hydrogen-bond donors (Lipinski definition) is 1. The lowest BCUT2D eigenvalue weighted by atomic mass is 10.1. The van der Waals surface area contributed by atoms with Gasteiger partial charge in [-0.3, -0.25) is 0 Å². The van der Waals surface area contributed by atoms with Crippen molar-refractivity contribution in [3.8, 4) is 17.2 Å². The second-order valence-electron chi connectivity index (χ2n) is 6.11. The topological polar surface area (TPSA) is 60.2 Å². The van der Waals surface area contributed by atoms with E-state index in [1.54, 1.807) is 25.3 Å². The van der Waals surface area contributed by atoms with Crippen LogP contribution in [-0.4, -0.2) is 17.3 Å². The van der Waals surface area contributed by atoms with Crippen molar-refractivity contribution in [2.24, 2.45) is 0 Å². The maximum absolute atomic E-state index is 14.1. The van der Waals surface area contributed by atoms with Gasteiger partial charge >= 0.3 is 0 Å². The molecule has 0 radical (unpaired) electrons. The fourth-order valence-corrected chi connectivity index (χ4v) is 2.95. The minimum atomic E-state index is -0.425. The average molecular weight is 375 g/mol. The summed E-state index contributed by atoms with van der Waals surface area (Å²) in [5.74, 6) is 0.745. The lowest BCUT2D eigenvalue weighted by Crippen LogP contribution is -2.13. The van der Waals surface area contributed by atoms with E-state index in [9.17, 15) is 4.39 Å². The molecule has 0 aliphatic carbocycles. The first kappa shape index (κ1) is 17.7. The number of benzene rings is 3. The van der Waals surface area contributed by atoms with E-state index in [-0.39, 0.29) is 11.5 Å². The number of ether oxygens (including phenoxy) is 1. The molecular formula is C22H18FN3O2. The summed E-state index contributed by atoms with van der Waals surface area (Å²) in [6.45, 7) is 0. The fraction of sp³-hybridized carbons (Fsp3) is 0.0909. The Morgan fingerprint density at radius 1 is 0.893 bits per heavy atom. The highest BCUT2D eigenvalue weighted by atomic mass is 19.1. The first-order chi connectivity index (χ1) is 13.8. The Morgan fingerprint density at radius 2 is 1.61 bits per heavy atom. The summed E-state index contributed by atoms with van der Waals surface area (Å²) in [6, 6.07) is 23.2. The van der Waals surface area contributed by atoms with Crippen LogP contribution in [0, 0.1) is 5.82 Å². The van der Waals surface area contributed by atoms with Crippen molar-refractivity contribution in [1.29, 1.82) is 0 Å². The molecule has 0 spiro atoms. The highest BCUT2D eigenvalue weighted by Crippen LogP contribution is 2.32. The van der Waals surface area contributed by atoms with Crippen molar-refractivity contribution >= 4 is 5.69 Å². The number of hydrogen-bond acceptors (Lipinski definition) is 5. The molecule has 1 N–H and O–H groups in total. The Labute approximate surface area is 161 Å². The largest absolute Gasteiger partial charge is 0.495 e. The minimum Gasteiger partial charge on any atom is -0.495 e. The smallest absolute Gasteiger partial charge is 0.250 e. The van der Waals surface area contributed by atoms with Gasteiger partial charge in [0.25, 0.3) is 5.89 Å². The van der Waals surface area contributed by atoms with Gasteiger partial charge in [0, 0.05) is 0 Å². The van der Waals surface area contributed by atoms with Gasteiger partial charge in [-0.25, -0.2) is 4.39 Å². The maximum atomic E-state index is 14.1. The molecule has 4 aromatic rings. The van der Waals surface area contributed by atoms with Gasteiger partial charge in [0.15, 0.2) is 0 Å². The van der Waals surface area contributed by atoms with Crippen molar-refractivity contribution in [3.63, 3.8) is 0 Å². The molecule has 1 atom stereocenters. The Morgan fingerprint density at radius 3 is 2.39 bits per heavy atom. The summed E-state index contributed by atoms with van der Waals surface area (Å²) in [4.78, 5) is 0. The van der Waals surface area contributed by atoms with Gasteiger partial charge in [-0.2, -0.15) is 0 Å². The predicted molar refractivity (Wildman–Crippen MR) is 105 cm³/mol. The van der Waals surface area contributed by atoms with E-state index in [0.29, 0.717) is 11.6 Å². The highest BCUT2D eigenvalue weighted by Gasteiger charge is 2.23. The zero-order valence-corrected chi connectivity index (χ0v) is 15.2. The Kier molecular flexibility index (Phi) is 5.01. The van der Waals surface area contributed by atoms with Crippen LogP contribution in [0.1, 0.15) is 17.5 Å². The number of nitrogens with zero attached hydrogens (tertiary/aromatic N) is 2. The standard InChI is InChI=1S/C22H18FN3O2/c1-27-19-14-8-7-13-18(19)24-20(15-9-3-2-4-10-15)22-26-25-21(28-22)16-11-5-6-12-17(16)23/h2-14,20,24H,1H3. The van der Waals surface area contributed by atoms with Gasteiger partial charge in [0.05, 0.1) is 18.4 Å². The van der Waals surface area contributed by atoms with E-state index in [4.69, 9.17) is 9.15 Å². The highest BCUT2D eigenvalue weighted by molar-refractivity contribution is 5.58. The van der Waals surface area contributed by atoms with E-state index >= 15 is 0 Å². The zero-order chi connectivity index (χ0) is 19.3. The van der Waals surface area contributed by atoms with Crippen LogP contribution in [0.15, 0.2) is 83.3 Å². The molecule has 3 aromatic carbocycles. The number of methoxy groups -OCH3 is 1. The van der Waals surface area contributed by atoms with Crippen molar-refractivity contribution in [1.82, 2.24) is 10.2 Å². The third-order valence-electron chi connectivity index (χ3n) is 4.33. The van der Waals surface area contributed by atoms with E-state index in [1.807, 2.05) is 54.6 Å². The van der Waals surface area contributed by atoms with E-state index in [2.05, 4.69) is 15.5 Å². The Balaban J connectivity index is 1.74. The Hall–Kier alpha value is -3.67. The molecule has 0 aliphatic rings. The van der Waals surface area contributed by atoms with Crippen LogP contribution < -0.4 is 10.1 Å². The lowest BCUT2D eigenvalue weighted by molar-refractivity contribution is 0.415. The third-order valence-corrected chi connectivity index (χ3v) is 4.33. The first-order valence-electron chi connectivity index (χ1n) is 8.79. The summed E-state index contributed by atoms with van der Waals surface area (Å²) >= 11 is 0. The molecule has 28 heavy (non-hydrogen) atoms. The second kappa shape index (κ2) is 7.92. The summed E-state index contributed by atoms with van der Waals surface area (Å²) in [5.41, 5.74) is 1.98. The number of nitrogens with one attached hydrogen (secondary N) is 1. The van der Waals surface area contributed by atoms with Crippen LogP contribution in [0.4, 0.5) is 10.1 Å². The van der Waals surface area contributed by atoms with Gasteiger partial charge in [-0.1, -0.05) is 54.6 Å².